The van der Waals surface area contributed by atoms with E-state index in [2.05, 4.69) is 5.32 Å². The number of fused-ring (bicyclic) bond motifs is 1. The Morgan fingerprint density at radius 2 is 1.83 bits per heavy atom. The van der Waals surface area contributed by atoms with Crippen molar-refractivity contribution in [3.8, 4) is 0 Å². The van der Waals surface area contributed by atoms with Crippen LogP contribution in [-0.4, -0.2) is 24.7 Å². The molecule has 0 fully saturated rings. The summed E-state index contributed by atoms with van der Waals surface area (Å²) in [6.07, 6.45) is 0.324. The Morgan fingerprint density at radius 1 is 1.07 bits per heavy atom. The van der Waals surface area contributed by atoms with Crippen LogP contribution >= 0.6 is 0 Å². The third-order valence-corrected chi connectivity index (χ3v) is 7.19. The Kier molecular flexibility index (Phi) is 5.49. The summed E-state index contributed by atoms with van der Waals surface area (Å²) in [7, 11) is -3.85. The van der Waals surface area contributed by atoms with Crippen LogP contribution < -0.4 is 5.32 Å². The van der Waals surface area contributed by atoms with Crippen LogP contribution in [0.2, 0.25) is 0 Å². The molecule has 1 aliphatic rings. The molecule has 1 N–H and O–H groups in total. The molecule has 0 unspecified atom stereocenters. The van der Waals surface area contributed by atoms with Crippen molar-refractivity contribution >= 4 is 15.9 Å². The fourth-order valence-corrected chi connectivity index (χ4v) is 5.43. The average molecular weight is 425 g/mol. The molecule has 1 amide bonds. The Bertz CT molecular complexity index is 1180. The molecule has 0 spiro atoms. The van der Waals surface area contributed by atoms with Crippen LogP contribution in [0.1, 0.15) is 28.2 Å². The Balaban J connectivity index is 1.65. The Hall–Kier alpha value is -2.90. The zero-order chi connectivity index (χ0) is 21.3. The number of hydrogen-bond donors (Lipinski definition) is 1. The molecule has 0 aliphatic carbocycles. The number of nitrogens with one attached hydrogen (secondary N) is 1. The van der Waals surface area contributed by atoms with Gasteiger partial charge in [0.05, 0.1) is 11.4 Å². The van der Waals surface area contributed by atoms with Crippen molar-refractivity contribution in [3.05, 3.63) is 88.9 Å². The third-order valence-electron chi connectivity index (χ3n) is 5.34. The summed E-state index contributed by atoms with van der Waals surface area (Å²) < 4.78 is 33.8. The molecule has 2 aromatic carbocycles. The lowest BCUT2D eigenvalue weighted by Crippen LogP contribution is -2.52. The lowest BCUT2D eigenvalue weighted by atomic mass is 9.95. The number of amides is 1. The maximum atomic E-state index is 13.5. The quantitative estimate of drug-likeness (QED) is 0.681. The number of benzene rings is 2. The molecule has 1 aliphatic heterocycles. The predicted molar refractivity (Wildman–Crippen MR) is 113 cm³/mol. The first-order chi connectivity index (χ1) is 14.3. The van der Waals surface area contributed by atoms with Gasteiger partial charge in [0.15, 0.2) is 0 Å². The number of carbonyl (C=O) groups excluding carboxylic acids is 1. The van der Waals surface area contributed by atoms with Crippen molar-refractivity contribution < 1.29 is 17.6 Å². The van der Waals surface area contributed by atoms with Gasteiger partial charge in [-0.05, 0) is 61.2 Å². The van der Waals surface area contributed by atoms with Crippen molar-refractivity contribution in [2.24, 2.45) is 0 Å². The van der Waals surface area contributed by atoms with Gasteiger partial charge in [-0.25, -0.2) is 8.42 Å². The van der Waals surface area contributed by atoms with E-state index in [1.165, 1.54) is 4.31 Å². The number of sulfonamides is 1. The number of nitrogens with zero attached hydrogens (tertiary/aromatic N) is 1. The molecule has 30 heavy (non-hydrogen) atoms. The van der Waals surface area contributed by atoms with Gasteiger partial charge >= 0.3 is 0 Å². The summed E-state index contributed by atoms with van der Waals surface area (Å²) in [5.74, 6) is 1.05. The van der Waals surface area contributed by atoms with Crippen molar-refractivity contribution in [2.45, 2.75) is 44.3 Å². The van der Waals surface area contributed by atoms with E-state index < -0.39 is 16.1 Å². The molecule has 2 heterocycles. The second kappa shape index (κ2) is 8.08. The first-order valence-electron chi connectivity index (χ1n) is 9.83. The fraction of sp³-hybridized carbons (Fsp3) is 0.261. The third kappa shape index (κ3) is 4.04. The van der Waals surface area contributed by atoms with E-state index in [9.17, 15) is 13.2 Å². The molecule has 156 valence electrons. The van der Waals surface area contributed by atoms with Gasteiger partial charge in [-0.2, -0.15) is 4.31 Å². The van der Waals surface area contributed by atoms with E-state index in [4.69, 9.17) is 4.42 Å². The number of aryl methyl sites for hydroxylation is 2. The largest absolute Gasteiger partial charge is 0.465 e. The van der Waals surface area contributed by atoms with E-state index in [1.807, 2.05) is 50.2 Å². The normalized spacial score (nSPS) is 16.8. The second-order valence-corrected chi connectivity index (χ2v) is 9.48. The minimum Gasteiger partial charge on any atom is -0.465 e. The first kappa shape index (κ1) is 20.4. The van der Waals surface area contributed by atoms with Crippen LogP contribution in [0.3, 0.4) is 0 Å². The molecule has 0 bridgehead atoms. The van der Waals surface area contributed by atoms with Gasteiger partial charge < -0.3 is 9.73 Å². The van der Waals surface area contributed by atoms with E-state index in [0.717, 1.165) is 22.5 Å². The van der Waals surface area contributed by atoms with Crippen LogP contribution in [0.4, 0.5) is 0 Å². The highest BCUT2D eigenvalue weighted by atomic mass is 32.2. The van der Waals surface area contributed by atoms with Gasteiger partial charge in [-0.15, -0.1) is 0 Å². The molecule has 0 radical (unpaired) electrons. The summed E-state index contributed by atoms with van der Waals surface area (Å²) in [6, 6.07) is 17.2. The van der Waals surface area contributed by atoms with Gasteiger partial charge in [0, 0.05) is 6.54 Å². The number of rotatable bonds is 5. The maximum Gasteiger partial charge on any atom is 0.244 e. The molecule has 4 rings (SSSR count). The smallest absolute Gasteiger partial charge is 0.244 e. The minimum absolute atomic E-state index is 0.157. The molecular formula is C23H24N2O4S. The predicted octanol–water partition coefficient (Wildman–Crippen LogP) is 3.33. The number of furan rings is 1. The van der Waals surface area contributed by atoms with E-state index in [0.29, 0.717) is 12.2 Å². The molecule has 0 saturated carbocycles. The van der Waals surface area contributed by atoms with E-state index >= 15 is 0 Å². The molecule has 0 saturated heterocycles. The van der Waals surface area contributed by atoms with Crippen LogP contribution in [0.5, 0.6) is 0 Å². The lowest BCUT2D eigenvalue weighted by Gasteiger charge is -2.35. The molecule has 1 atom stereocenters. The van der Waals surface area contributed by atoms with Gasteiger partial charge in [0.2, 0.25) is 15.9 Å². The molecular weight excluding hydrogens is 400 g/mol. The van der Waals surface area contributed by atoms with Crippen LogP contribution in [0, 0.1) is 13.8 Å². The van der Waals surface area contributed by atoms with Gasteiger partial charge in [-0.3, -0.25) is 4.79 Å². The van der Waals surface area contributed by atoms with Crippen molar-refractivity contribution in [3.63, 3.8) is 0 Å². The minimum atomic E-state index is -3.85. The van der Waals surface area contributed by atoms with Crippen molar-refractivity contribution in [1.82, 2.24) is 9.62 Å². The van der Waals surface area contributed by atoms with Gasteiger partial charge in [-0.1, -0.05) is 36.4 Å². The average Bonchev–Trinajstić information content (AvgIpc) is 3.16. The Morgan fingerprint density at radius 3 is 2.53 bits per heavy atom. The van der Waals surface area contributed by atoms with E-state index in [1.54, 1.807) is 24.3 Å². The summed E-state index contributed by atoms with van der Waals surface area (Å²) in [6.45, 7) is 4.05. The maximum absolute atomic E-state index is 13.5. The zero-order valence-electron chi connectivity index (χ0n) is 17.0. The van der Waals surface area contributed by atoms with Gasteiger partial charge in [0.25, 0.3) is 0 Å². The monoisotopic (exact) mass is 424 g/mol. The standard InChI is InChI=1S/C23H24N2O4S/c1-16-6-5-9-21(12-16)30(27,28)25-15-19-8-4-3-7-18(19)13-22(25)23(26)24-14-20-11-10-17(2)29-20/h3-12,22H,13-15H2,1-2H3,(H,24,26)/t22-/m1/s1. The highest BCUT2D eigenvalue weighted by Gasteiger charge is 2.39. The SMILES string of the molecule is Cc1cccc(S(=O)(=O)N2Cc3ccccc3C[C@@H]2C(=O)NCc2ccc(C)o2)c1. The summed E-state index contributed by atoms with van der Waals surface area (Å²) in [4.78, 5) is 13.3. The fourth-order valence-electron chi connectivity index (χ4n) is 3.76. The first-order valence-corrected chi connectivity index (χ1v) is 11.3. The molecule has 3 aromatic rings. The Labute approximate surface area is 176 Å². The van der Waals surface area contributed by atoms with E-state index in [-0.39, 0.29) is 23.9 Å². The van der Waals surface area contributed by atoms with Crippen LogP contribution in [0.15, 0.2) is 70.0 Å². The van der Waals surface area contributed by atoms with Crippen LogP contribution in [-0.2, 0) is 34.3 Å². The topological polar surface area (TPSA) is 79.6 Å². The highest BCUT2D eigenvalue weighted by Crippen LogP contribution is 2.29. The summed E-state index contributed by atoms with van der Waals surface area (Å²) >= 11 is 0. The lowest BCUT2D eigenvalue weighted by molar-refractivity contribution is -0.125. The molecule has 7 heteroatoms. The zero-order valence-corrected chi connectivity index (χ0v) is 17.8. The van der Waals surface area contributed by atoms with Gasteiger partial charge in [0.1, 0.15) is 17.6 Å². The highest BCUT2D eigenvalue weighted by molar-refractivity contribution is 7.89. The molecule has 6 nitrogen and oxygen atoms in total. The summed E-state index contributed by atoms with van der Waals surface area (Å²) in [5, 5.41) is 2.84. The van der Waals surface area contributed by atoms with Crippen molar-refractivity contribution in [1.29, 1.82) is 0 Å². The van der Waals surface area contributed by atoms with Crippen molar-refractivity contribution in [2.75, 3.05) is 0 Å². The number of carbonyl (C=O) groups is 1. The van der Waals surface area contributed by atoms with Crippen LogP contribution in [0.25, 0.3) is 0 Å². The second-order valence-electron chi connectivity index (χ2n) is 7.59. The summed E-state index contributed by atoms with van der Waals surface area (Å²) in [5.41, 5.74) is 2.75. The number of hydrogen-bond acceptors (Lipinski definition) is 4. The molecule has 1 aromatic heterocycles.